The molecule has 152 valence electrons. The van der Waals surface area contributed by atoms with Gasteiger partial charge in [0.25, 0.3) is 5.56 Å². The zero-order valence-electron chi connectivity index (χ0n) is 15.7. The number of rotatable bonds is 7. The van der Waals surface area contributed by atoms with Gasteiger partial charge in [0.2, 0.25) is 0 Å². The van der Waals surface area contributed by atoms with Crippen LogP contribution >= 0.6 is 15.9 Å². The SMILES string of the molecule is CC(c1cccnc1)c1cc(OC(CCN)c2ccc(F)cc2F)c(Br)c(=O)[nH]1. The van der Waals surface area contributed by atoms with Crippen LogP contribution in [0.1, 0.15) is 42.2 Å². The average molecular weight is 464 g/mol. The first kappa shape index (κ1) is 21.1. The number of nitrogens with zero attached hydrogens (tertiary/aromatic N) is 1. The van der Waals surface area contributed by atoms with E-state index in [-0.39, 0.29) is 40.2 Å². The maximum atomic E-state index is 14.3. The van der Waals surface area contributed by atoms with Crippen molar-refractivity contribution >= 4 is 15.9 Å². The Kier molecular flexibility index (Phi) is 6.76. The van der Waals surface area contributed by atoms with Crippen LogP contribution in [0.2, 0.25) is 0 Å². The van der Waals surface area contributed by atoms with Gasteiger partial charge in [0.05, 0.1) is 0 Å². The number of aromatic nitrogens is 2. The van der Waals surface area contributed by atoms with Gasteiger partial charge in [-0.25, -0.2) is 8.78 Å². The summed E-state index contributed by atoms with van der Waals surface area (Å²) in [5.74, 6) is -1.31. The number of hydrogen-bond donors (Lipinski definition) is 2. The van der Waals surface area contributed by atoms with Crippen molar-refractivity contribution in [1.29, 1.82) is 0 Å². The number of aromatic amines is 1. The van der Waals surface area contributed by atoms with Crippen molar-refractivity contribution in [3.8, 4) is 5.75 Å². The number of halogens is 3. The second kappa shape index (κ2) is 9.28. The molecule has 2 unspecified atom stereocenters. The van der Waals surface area contributed by atoms with Gasteiger partial charge in [0.1, 0.15) is 28.0 Å². The number of benzene rings is 1. The Hall–Kier alpha value is -2.58. The van der Waals surface area contributed by atoms with Crippen molar-refractivity contribution in [3.63, 3.8) is 0 Å². The lowest BCUT2D eigenvalue weighted by Crippen LogP contribution is -2.18. The van der Waals surface area contributed by atoms with E-state index in [1.54, 1.807) is 18.5 Å². The lowest BCUT2D eigenvalue weighted by molar-refractivity contribution is 0.190. The zero-order valence-corrected chi connectivity index (χ0v) is 17.2. The van der Waals surface area contributed by atoms with Crippen molar-refractivity contribution in [2.24, 2.45) is 5.73 Å². The fourth-order valence-electron chi connectivity index (χ4n) is 3.01. The quantitative estimate of drug-likeness (QED) is 0.542. The fourth-order valence-corrected chi connectivity index (χ4v) is 3.32. The summed E-state index contributed by atoms with van der Waals surface area (Å²) in [5.41, 5.74) is 6.99. The van der Waals surface area contributed by atoms with E-state index in [0.29, 0.717) is 5.69 Å². The Morgan fingerprint density at radius 2 is 2.07 bits per heavy atom. The average Bonchev–Trinajstić information content (AvgIpc) is 2.71. The minimum absolute atomic E-state index is 0.151. The summed E-state index contributed by atoms with van der Waals surface area (Å²) in [4.78, 5) is 19.4. The molecular formula is C21H20BrF2N3O2. The molecule has 3 rings (SSSR count). The van der Waals surface area contributed by atoms with Crippen LogP contribution in [0.15, 0.2) is 58.1 Å². The first-order valence-corrected chi connectivity index (χ1v) is 9.84. The minimum Gasteiger partial charge on any atom is -0.484 e. The van der Waals surface area contributed by atoms with Crippen LogP contribution in [0.25, 0.3) is 0 Å². The highest BCUT2D eigenvalue weighted by Gasteiger charge is 2.21. The second-order valence-electron chi connectivity index (χ2n) is 6.59. The summed E-state index contributed by atoms with van der Waals surface area (Å²) in [6.07, 6.45) is 2.90. The number of ether oxygens (including phenoxy) is 1. The third kappa shape index (κ3) is 4.89. The van der Waals surface area contributed by atoms with E-state index < -0.39 is 17.7 Å². The predicted molar refractivity (Wildman–Crippen MR) is 110 cm³/mol. The molecule has 0 aliphatic rings. The van der Waals surface area contributed by atoms with Gasteiger partial charge in [0.15, 0.2) is 0 Å². The molecule has 2 atom stereocenters. The smallest absolute Gasteiger partial charge is 0.266 e. The maximum absolute atomic E-state index is 14.3. The minimum atomic E-state index is -0.778. The van der Waals surface area contributed by atoms with E-state index in [9.17, 15) is 13.6 Å². The predicted octanol–water partition coefficient (Wildman–Crippen LogP) is 4.43. The number of nitrogens with one attached hydrogen (secondary N) is 1. The first-order chi connectivity index (χ1) is 13.9. The highest BCUT2D eigenvalue weighted by atomic mass is 79.9. The van der Waals surface area contributed by atoms with Gasteiger partial charge in [-0.1, -0.05) is 13.0 Å². The van der Waals surface area contributed by atoms with Gasteiger partial charge < -0.3 is 15.5 Å². The lowest BCUT2D eigenvalue weighted by atomic mass is 9.99. The summed E-state index contributed by atoms with van der Waals surface area (Å²) >= 11 is 3.24. The number of hydrogen-bond acceptors (Lipinski definition) is 4. The van der Waals surface area contributed by atoms with Gasteiger partial charge >= 0.3 is 0 Å². The van der Waals surface area contributed by atoms with Gasteiger partial charge in [0, 0.05) is 48.1 Å². The normalized spacial score (nSPS) is 13.1. The summed E-state index contributed by atoms with van der Waals surface area (Å²) in [6.45, 7) is 2.15. The zero-order chi connectivity index (χ0) is 21.0. The van der Waals surface area contributed by atoms with Crippen LogP contribution in [0.4, 0.5) is 8.78 Å². The summed E-state index contributed by atoms with van der Waals surface area (Å²) in [7, 11) is 0. The molecule has 0 saturated carbocycles. The van der Waals surface area contributed by atoms with E-state index in [2.05, 4.69) is 25.9 Å². The summed E-state index contributed by atoms with van der Waals surface area (Å²) in [5, 5.41) is 0. The van der Waals surface area contributed by atoms with Crippen molar-refractivity contribution in [2.45, 2.75) is 25.4 Å². The Labute approximate surface area is 175 Å². The van der Waals surface area contributed by atoms with E-state index in [1.165, 1.54) is 6.07 Å². The molecule has 3 N–H and O–H groups in total. The van der Waals surface area contributed by atoms with Crippen LogP contribution in [0.5, 0.6) is 5.75 Å². The van der Waals surface area contributed by atoms with Crippen LogP contribution in [0.3, 0.4) is 0 Å². The molecule has 0 aliphatic heterocycles. The summed E-state index contributed by atoms with van der Waals surface area (Å²) < 4.78 is 33.7. The second-order valence-corrected chi connectivity index (χ2v) is 7.38. The number of H-pyrrole nitrogens is 1. The number of pyridine rings is 2. The molecule has 0 amide bonds. The topological polar surface area (TPSA) is 81.0 Å². The van der Waals surface area contributed by atoms with E-state index in [0.717, 1.165) is 17.7 Å². The van der Waals surface area contributed by atoms with Gasteiger partial charge in [-0.15, -0.1) is 0 Å². The van der Waals surface area contributed by atoms with Crippen molar-refractivity contribution < 1.29 is 13.5 Å². The largest absolute Gasteiger partial charge is 0.484 e. The monoisotopic (exact) mass is 463 g/mol. The third-order valence-corrected chi connectivity index (χ3v) is 5.37. The molecule has 0 spiro atoms. The molecule has 0 saturated heterocycles. The molecule has 8 heteroatoms. The molecule has 3 aromatic rings. The fraction of sp³-hybridized carbons (Fsp3) is 0.238. The van der Waals surface area contributed by atoms with Crippen molar-refractivity contribution in [2.75, 3.05) is 6.54 Å². The van der Waals surface area contributed by atoms with Gasteiger partial charge in [-0.3, -0.25) is 9.78 Å². The van der Waals surface area contributed by atoms with Gasteiger partial charge in [-0.05, 0) is 46.2 Å². The lowest BCUT2D eigenvalue weighted by Gasteiger charge is -2.21. The molecule has 5 nitrogen and oxygen atoms in total. The Morgan fingerprint density at radius 3 is 2.72 bits per heavy atom. The third-order valence-electron chi connectivity index (χ3n) is 4.62. The molecule has 0 bridgehead atoms. The molecule has 0 aliphatic carbocycles. The van der Waals surface area contributed by atoms with Crippen molar-refractivity contribution in [3.05, 3.63) is 92.1 Å². The summed E-state index contributed by atoms with van der Waals surface area (Å²) in [6, 6.07) is 8.69. The van der Waals surface area contributed by atoms with E-state index >= 15 is 0 Å². The maximum Gasteiger partial charge on any atom is 0.266 e. The standard InChI is InChI=1S/C21H20BrF2N3O2/c1-12(13-3-2-8-26-11-13)17-10-19(20(22)21(28)27-17)29-18(6-7-25)15-5-4-14(23)9-16(15)24/h2-5,8-12,18H,6-7,25H2,1H3,(H,27,28). The van der Waals surface area contributed by atoms with Crippen LogP contribution in [0, 0.1) is 11.6 Å². The highest BCUT2D eigenvalue weighted by molar-refractivity contribution is 9.10. The first-order valence-electron chi connectivity index (χ1n) is 9.05. The van der Waals surface area contributed by atoms with E-state index in [4.69, 9.17) is 10.5 Å². The molecular weight excluding hydrogens is 444 g/mol. The van der Waals surface area contributed by atoms with Crippen molar-refractivity contribution in [1.82, 2.24) is 9.97 Å². The van der Waals surface area contributed by atoms with Gasteiger partial charge in [-0.2, -0.15) is 0 Å². The molecule has 1 aromatic carbocycles. The van der Waals surface area contributed by atoms with Crippen LogP contribution < -0.4 is 16.0 Å². The number of nitrogens with two attached hydrogens (primary N) is 1. The van der Waals surface area contributed by atoms with Crippen LogP contribution in [-0.4, -0.2) is 16.5 Å². The molecule has 2 aromatic heterocycles. The Balaban J connectivity index is 1.98. The van der Waals surface area contributed by atoms with Crippen LogP contribution in [-0.2, 0) is 0 Å². The molecule has 2 heterocycles. The Morgan fingerprint density at radius 1 is 1.28 bits per heavy atom. The Bertz CT molecular complexity index is 1040. The molecule has 0 radical (unpaired) electrons. The van der Waals surface area contributed by atoms with E-state index in [1.807, 2.05) is 19.1 Å². The molecule has 0 fully saturated rings. The highest BCUT2D eigenvalue weighted by Crippen LogP contribution is 2.33. The molecule has 29 heavy (non-hydrogen) atoms.